The molecule has 0 saturated carbocycles. The maximum Gasteiger partial charge on any atom is 0.132 e. The highest BCUT2D eigenvalue weighted by Gasteiger charge is 2.34. The predicted molar refractivity (Wildman–Crippen MR) is 81.8 cm³/mol. The molecule has 0 radical (unpaired) electrons. The van der Waals surface area contributed by atoms with Crippen molar-refractivity contribution in [3.8, 4) is 11.5 Å². The number of aromatic nitrogens is 1. The Labute approximate surface area is 127 Å². The zero-order valence-corrected chi connectivity index (χ0v) is 12.2. The van der Waals surface area contributed by atoms with Crippen molar-refractivity contribution in [3.63, 3.8) is 0 Å². The lowest BCUT2D eigenvalue weighted by Crippen LogP contribution is -2.26. The number of ether oxygens (including phenoxy) is 1. The van der Waals surface area contributed by atoms with Crippen molar-refractivity contribution in [1.82, 2.24) is 4.98 Å². The molecule has 0 bridgehead atoms. The predicted octanol–water partition coefficient (Wildman–Crippen LogP) is 4.11. The minimum atomic E-state index is -1.17. The molecule has 3 rings (SSSR count). The van der Waals surface area contributed by atoms with Crippen LogP contribution in [0.3, 0.4) is 0 Å². The molecule has 2 heterocycles. The first-order valence-corrected chi connectivity index (χ1v) is 7.10. The SMILES string of the molecule is CC1(F)CCN(c2cc(Oc3ccc(NF)cc3)ccn2)C1. The third-order valence-corrected chi connectivity index (χ3v) is 3.66. The number of halogens is 2. The molecule has 1 aromatic carbocycles. The van der Waals surface area contributed by atoms with E-state index in [1.807, 2.05) is 4.90 Å². The van der Waals surface area contributed by atoms with E-state index in [0.717, 1.165) is 0 Å². The molecule has 22 heavy (non-hydrogen) atoms. The number of pyridine rings is 1. The van der Waals surface area contributed by atoms with E-state index in [-0.39, 0.29) is 0 Å². The van der Waals surface area contributed by atoms with Crippen molar-refractivity contribution < 1.29 is 13.6 Å². The number of nitrogens with one attached hydrogen (secondary N) is 1. The van der Waals surface area contributed by atoms with Gasteiger partial charge in [0.15, 0.2) is 0 Å². The van der Waals surface area contributed by atoms with Crippen molar-refractivity contribution in [3.05, 3.63) is 42.6 Å². The van der Waals surface area contributed by atoms with Crippen LogP contribution in [0.2, 0.25) is 0 Å². The zero-order chi connectivity index (χ0) is 15.6. The normalized spacial score (nSPS) is 21.0. The molecule has 116 valence electrons. The smallest absolute Gasteiger partial charge is 0.132 e. The van der Waals surface area contributed by atoms with E-state index in [2.05, 4.69) is 4.98 Å². The second-order valence-electron chi connectivity index (χ2n) is 5.66. The van der Waals surface area contributed by atoms with Crippen molar-refractivity contribution in [1.29, 1.82) is 0 Å². The maximum atomic E-state index is 13.9. The largest absolute Gasteiger partial charge is 0.457 e. The number of nitrogens with zero attached hydrogens (tertiary/aromatic N) is 2. The second kappa shape index (κ2) is 5.79. The summed E-state index contributed by atoms with van der Waals surface area (Å²) >= 11 is 0. The van der Waals surface area contributed by atoms with Crippen LogP contribution in [-0.4, -0.2) is 23.7 Å². The summed E-state index contributed by atoms with van der Waals surface area (Å²) in [4.78, 5) is 6.18. The fourth-order valence-corrected chi connectivity index (χ4v) is 2.48. The summed E-state index contributed by atoms with van der Waals surface area (Å²) in [6, 6.07) is 9.99. The Hall–Kier alpha value is -2.37. The molecular weight excluding hydrogens is 288 g/mol. The standard InChI is InChI=1S/C16H17F2N3O/c1-16(17)7-9-21(11-16)15-10-14(6-8-19-15)22-13-4-2-12(20-18)3-5-13/h2-6,8,10,20H,7,9,11H2,1H3. The zero-order valence-electron chi connectivity index (χ0n) is 12.2. The molecule has 2 aromatic rings. The first kappa shape index (κ1) is 14.6. The molecule has 1 saturated heterocycles. The average molecular weight is 305 g/mol. The molecule has 0 spiro atoms. The minimum Gasteiger partial charge on any atom is -0.457 e. The molecule has 0 amide bonds. The molecule has 4 nitrogen and oxygen atoms in total. The number of benzene rings is 1. The van der Waals surface area contributed by atoms with Gasteiger partial charge in [-0.1, -0.05) is 0 Å². The number of alkyl halides is 1. The molecular formula is C16H17F2N3O. The van der Waals surface area contributed by atoms with Gasteiger partial charge in [-0.05, 0) is 37.3 Å². The monoisotopic (exact) mass is 305 g/mol. The minimum absolute atomic E-state index is 0.334. The third-order valence-electron chi connectivity index (χ3n) is 3.66. The van der Waals surface area contributed by atoms with Gasteiger partial charge in [0.1, 0.15) is 23.0 Å². The van der Waals surface area contributed by atoms with Gasteiger partial charge >= 0.3 is 0 Å². The summed E-state index contributed by atoms with van der Waals surface area (Å²) < 4.78 is 31.9. The molecule has 1 aliphatic heterocycles. The Morgan fingerprint density at radius 3 is 2.64 bits per heavy atom. The summed E-state index contributed by atoms with van der Waals surface area (Å²) in [7, 11) is 0. The van der Waals surface area contributed by atoms with Crippen LogP contribution in [0.15, 0.2) is 42.6 Å². The molecule has 1 atom stereocenters. The van der Waals surface area contributed by atoms with E-state index in [1.165, 1.54) is 0 Å². The summed E-state index contributed by atoms with van der Waals surface area (Å²) in [5.74, 6) is 1.90. The summed E-state index contributed by atoms with van der Waals surface area (Å²) in [6.07, 6.45) is 2.13. The van der Waals surface area contributed by atoms with Gasteiger partial charge in [0, 0.05) is 25.2 Å². The first-order valence-electron chi connectivity index (χ1n) is 7.10. The van der Waals surface area contributed by atoms with E-state index in [4.69, 9.17) is 4.74 Å². The fourth-order valence-electron chi connectivity index (χ4n) is 2.48. The topological polar surface area (TPSA) is 37.4 Å². The van der Waals surface area contributed by atoms with E-state index in [9.17, 15) is 8.87 Å². The van der Waals surface area contributed by atoms with Crippen LogP contribution < -0.4 is 15.2 Å². The quantitative estimate of drug-likeness (QED) is 0.863. The number of hydrogen-bond acceptors (Lipinski definition) is 4. The summed E-state index contributed by atoms with van der Waals surface area (Å²) in [6.45, 7) is 2.58. The van der Waals surface area contributed by atoms with Crippen molar-refractivity contribution in [2.45, 2.75) is 19.0 Å². The highest BCUT2D eigenvalue weighted by molar-refractivity contribution is 5.48. The van der Waals surface area contributed by atoms with Crippen molar-refractivity contribution in [2.75, 3.05) is 23.5 Å². The van der Waals surface area contributed by atoms with Crippen LogP contribution in [0.4, 0.5) is 20.4 Å². The number of hydrogen-bond donors (Lipinski definition) is 1. The Morgan fingerprint density at radius 1 is 1.23 bits per heavy atom. The highest BCUT2D eigenvalue weighted by Crippen LogP contribution is 2.31. The first-order chi connectivity index (χ1) is 10.6. The van der Waals surface area contributed by atoms with Gasteiger partial charge in [-0.25, -0.2) is 14.9 Å². The molecule has 1 fully saturated rings. The molecule has 1 unspecified atom stereocenters. The van der Waals surface area contributed by atoms with Gasteiger partial charge in [0.2, 0.25) is 0 Å². The Bertz CT molecular complexity index is 646. The van der Waals surface area contributed by atoms with Crippen LogP contribution in [0.25, 0.3) is 0 Å². The average Bonchev–Trinajstić information content (AvgIpc) is 2.89. The van der Waals surface area contributed by atoms with E-state index in [0.29, 0.717) is 42.5 Å². The molecule has 1 N–H and O–H groups in total. The fraction of sp³-hybridized carbons (Fsp3) is 0.312. The Morgan fingerprint density at radius 2 is 2.00 bits per heavy atom. The molecule has 0 aliphatic carbocycles. The van der Waals surface area contributed by atoms with Crippen molar-refractivity contribution >= 4 is 11.5 Å². The van der Waals surface area contributed by atoms with E-state index >= 15 is 0 Å². The summed E-state index contributed by atoms with van der Waals surface area (Å²) in [5.41, 5.74) is 0.754. The van der Waals surface area contributed by atoms with Gasteiger partial charge < -0.3 is 9.64 Å². The third kappa shape index (κ3) is 3.27. The maximum absolute atomic E-state index is 13.9. The highest BCUT2D eigenvalue weighted by atomic mass is 19.2. The molecule has 1 aromatic heterocycles. The lowest BCUT2D eigenvalue weighted by molar-refractivity contribution is 0.221. The Balaban J connectivity index is 1.73. The van der Waals surface area contributed by atoms with Crippen LogP contribution in [0, 0.1) is 0 Å². The van der Waals surface area contributed by atoms with Crippen LogP contribution in [-0.2, 0) is 0 Å². The van der Waals surface area contributed by atoms with Gasteiger partial charge in [0.05, 0.1) is 12.2 Å². The van der Waals surface area contributed by atoms with Crippen LogP contribution in [0.1, 0.15) is 13.3 Å². The van der Waals surface area contributed by atoms with Gasteiger partial charge in [-0.15, -0.1) is 4.48 Å². The summed E-state index contributed by atoms with van der Waals surface area (Å²) in [5, 5.41) is 0. The van der Waals surface area contributed by atoms with E-state index < -0.39 is 5.67 Å². The number of rotatable bonds is 4. The number of anilines is 2. The van der Waals surface area contributed by atoms with Crippen LogP contribution >= 0.6 is 0 Å². The lowest BCUT2D eigenvalue weighted by Gasteiger charge is -2.19. The van der Waals surface area contributed by atoms with E-state index in [1.54, 1.807) is 55.1 Å². The Kier molecular flexibility index (Phi) is 3.83. The van der Waals surface area contributed by atoms with Gasteiger partial charge in [-0.3, -0.25) is 0 Å². The molecule has 6 heteroatoms. The molecule has 1 aliphatic rings. The second-order valence-corrected chi connectivity index (χ2v) is 5.66. The lowest BCUT2D eigenvalue weighted by atomic mass is 10.1. The van der Waals surface area contributed by atoms with Crippen LogP contribution in [0.5, 0.6) is 11.5 Å². The van der Waals surface area contributed by atoms with Gasteiger partial charge in [-0.2, -0.15) is 0 Å². The van der Waals surface area contributed by atoms with Gasteiger partial charge in [0.25, 0.3) is 0 Å². The van der Waals surface area contributed by atoms with Crippen molar-refractivity contribution in [2.24, 2.45) is 0 Å².